The molecule has 2 saturated heterocycles. The van der Waals surface area contributed by atoms with Gasteiger partial charge in [-0.15, -0.1) is 0 Å². The molecule has 0 atom stereocenters. The highest BCUT2D eigenvalue weighted by Crippen LogP contribution is 2.35. The first kappa shape index (κ1) is 17.2. The van der Waals surface area contributed by atoms with Crippen LogP contribution in [0.3, 0.4) is 0 Å². The van der Waals surface area contributed by atoms with Gasteiger partial charge in [0.25, 0.3) is 17.4 Å². The number of rotatable bonds is 1. The van der Waals surface area contributed by atoms with E-state index in [1.807, 2.05) is 0 Å². The van der Waals surface area contributed by atoms with Crippen molar-refractivity contribution >= 4 is 28.7 Å². The predicted octanol–water partition coefficient (Wildman–Crippen LogP) is 0.422. The Morgan fingerprint density at radius 3 is 2.41 bits per heavy atom. The molecule has 9 heteroatoms. The Labute approximate surface area is 154 Å². The van der Waals surface area contributed by atoms with Crippen molar-refractivity contribution in [1.29, 1.82) is 0 Å². The number of piperidine rings is 1. The minimum absolute atomic E-state index is 0.0195. The summed E-state index contributed by atoms with van der Waals surface area (Å²) in [6.45, 7) is 0.596. The SMILES string of the molecule is CN1C(=O)N(C)C2(CCN(C(=O)c3nc4ccccc4c(=O)[nH]3)CC2)C1=O. The third-order valence-corrected chi connectivity index (χ3v) is 5.61. The molecule has 0 bridgehead atoms. The van der Waals surface area contributed by atoms with Crippen molar-refractivity contribution in [2.45, 2.75) is 18.4 Å². The van der Waals surface area contributed by atoms with E-state index in [1.54, 1.807) is 36.2 Å². The number of aromatic nitrogens is 2. The number of urea groups is 1. The lowest BCUT2D eigenvalue weighted by Gasteiger charge is -2.40. The summed E-state index contributed by atoms with van der Waals surface area (Å²) in [6.07, 6.45) is 0.698. The first-order valence-corrected chi connectivity index (χ1v) is 8.69. The van der Waals surface area contributed by atoms with Crippen molar-refractivity contribution in [3.05, 3.63) is 40.4 Å². The number of likely N-dealkylation sites (tertiary alicyclic amines) is 1. The van der Waals surface area contributed by atoms with Crippen LogP contribution in [-0.2, 0) is 4.79 Å². The van der Waals surface area contributed by atoms with E-state index in [0.29, 0.717) is 36.8 Å². The van der Waals surface area contributed by atoms with Gasteiger partial charge in [0.15, 0.2) is 5.82 Å². The molecule has 2 aromatic rings. The highest BCUT2D eigenvalue weighted by molar-refractivity contribution is 6.06. The minimum Gasteiger partial charge on any atom is -0.336 e. The second-order valence-corrected chi connectivity index (χ2v) is 6.96. The number of fused-ring (bicyclic) bond motifs is 1. The van der Waals surface area contributed by atoms with E-state index in [1.165, 1.54) is 11.9 Å². The number of para-hydroxylation sites is 1. The summed E-state index contributed by atoms with van der Waals surface area (Å²) in [5.41, 5.74) is -0.807. The van der Waals surface area contributed by atoms with E-state index in [9.17, 15) is 19.2 Å². The summed E-state index contributed by atoms with van der Waals surface area (Å²) in [5.74, 6) is -0.645. The fourth-order valence-electron chi connectivity index (χ4n) is 3.92. The fourth-order valence-corrected chi connectivity index (χ4v) is 3.92. The van der Waals surface area contributed by atoms with Gasteiger partial charge in [0, 0.05) is 27.2 Å². The van der Waals surface area contributed by atoms with Crippen molar-refractivity contribution in [3.8, 4) is 0 Å². The molecule has 9 nitrogen and oxygen atoms in total. The zero-order valence-electron chi connectivity index (χ0n) is 15.1. The summed E-state index contributed by atoms with van der Waals surface area (Å²) in [7, 11) is 3.08. The number of hydrogen-bond acceptors (Lipinski definition) is 5. The minimum atomic E-state index is -0.896. The molecule has 1 aromatic heterocycles. The fraction of sp³-hybridized carbons (Fsp3) is 0.389. The van der Waals surface area contributed by atoms with Crippen molar-refractivity contribution in [2.75, 3.05) is 27.2 Å². The number of aromatic amines is 1. The van der Waals surface area contributed by atoms with Gasteiger partial charge in [-0.25, -0.2) is 9.78 Å². The van der Waals surface area contributed by atoms with E-state index >= 15 is 0 Å². The van der Waals surface area contributed by atoms with Crippen LogP contribution in [0, 0.1) is 0 Å². The summed E-state index contributed by atoms with van der Waals surface area (Å²) in [4.78, 5) is 60.6. The number of carbonyl (C=O) groups excluding carboxylic acids is 3. The molecule has 0 aliphatic carbocycles. The molecular formula is C18H19N5O4. The van der Waals surface area contributed by atoms with Gasteiger partial charge in [-0.2, -0.15) is 0 Å². The van der Waals surface area contributed by atoms with E-state index in [4.69, 9.17) is 0 Å². The molecule has 4 amide bonds. The maximum Gasteiger partial charge on any atom is 0.327 e. The summed E-state index contributed by atoms with van der Waals surface area (Å²) in [5, 5.41) is 0.423. The topological polar surface area (TPSA) is 107 Å². The second-order valence-electron chi connectivity index (χ2n) is 6.96. The average Bonchev–Trinajstić information content (AvgIpc) is 2.84. The van der Waals surface area contributed by atoms with E-state index in [2.05, 4.69) is 9.97 Å². The Hall–Kier alpha value is -3.23. The molecule has 1 spiro atoms. The van der Waals surface area contributed by atoms with E-state index in [0.717, 1.165) is 4.90 Å². The standard InChI is InChI=1S/C18H19N5O4/c1-21-16(26)18(22(2)17(21)27)7-9-23(10-8-18)15(25)13-19-12-6-4-3-5-11(12)14(24)20-13/h3-6H,7-10H2,1-2H3,(H,19,20,24). The number of amides is 4. The molecular weight excluding hydrogens is 350 g/mol. The Balaban J connectivity index is 1.57. The quantitative estimate of drug-likeness (QED) is 0.733. The van der Waals surface area contributed by atoms with Crippen LogP contribution in [0.15, 0.2) is 29.1 Å². The van der Waals surface area contributed by atoms with Crippen LogP contribution in [-0.4, -0.2) is 75.2 Å². The third-order valence-electron chi connectivity index (χ3n) is 5.61. The Kier molecular flexibility index (Phi) is 3.76. The molecule has 27 heavy (non-hydrogen) atoms. The summed E-state index contributed by atoms with van der Waals surface area (Å²) in [6, 6.07) is 6.48. The lowest BCUT2D eigenvalue weighted by atomic mass is 9.86. The summed E-state index contributed by atoms with van der Waals surface area (Å²) < 4.78 is 0. The van der Waals surface area contributed by atoms with Crippen LogP contribution < -0.4 is 5.56 Å². The number of carbonyl (C=O) groups is 3. The third kappa shape index (κ3) is 2.42. The van der Waals surface area contributed by atoms with Gasteiger partial charge in [-0.3, -0.25) is 19.3 Å². The van der Waals surface area contributed by atoms with Gasteiger partial charge >= 0.3 is 6.03 Å². The number of H-pyrrole nitrogens is 1. The maximum absolute atomic E-state index is 12.8. The van der Waals surface area contributed by atoms with Gasteiger partial charge in [0.05, 0.1) is 10.9 Å². The number of benzene rings is 1. The molecule has 4 rings (SSSR count). The molecule has 0 unspecified atom stereocenters. The molecule has 2 aliphatic rings. The Morgan fingerprint density at radius 1 is 1.11 bits per heavy atom. The van der Waals surface area contributed by atoms with E-state index < -0.39 is 5.54 Å². The molecule has 2 fully saturated rings. The maximum atomic E-state index is 12.8. The van der Waals surface area contributed by atoms with Gasteiger partial charge in [0.1, 0.15) is 5.54 Å². The smallest absolute Gasteiger partial charge is 0.327 e. The van der Waals surface area contributed by atoms with Crippen LogP contribution in [0.1, 0.15) is 23.5 Å². The van der Waals surface area contributed by atoms with Crippen molar-refractivity contribution in [1.82, 2.24) is 24.7 Å². The van der Waals surface area contributed by atoms with Crippen molar-refractivity contribution < 1.29 is 14.4 Å². The van der Waals surface area contributed by atoms with Crippen LogP contribution >= 0.6 is 0 Å². The molecule has 140 valence electrons. The molecule has 1 aromatic carbocycles. The van der Waals surface area contributed by atoms with Crippen molar-refractivity contribution in [3.63, 3.8) is 0 Å². The largest absolute Gasteiger partial charge is 0.336 e. The highest BCUT2D eigenvalue weighted by atomic mass is 16.2. The molecule has 0 saturated carbocycles. The second kappa shape index (κ2) is 5.90. The van der Waals surface area contributed by atoms with Crippen LogP contribution in [0.5, 0.6) is 0 Å². The number of hydrogen-bond donors (Lipinski definition) is 1. The average molecular weight is 369 g/mol. The zero-order chi connectivity index (χ0) is 19.3. The molecule has 3 heterocycles. The van der Waals surface area contributed by atoms with Gasteiger partial charge in [0.2, 0.25) is 0 Å². The number of nitrogens with zero attached hydrogens (tertiary/aromatic N) is 4. The number of nitrogens with one attached hydrogen (secondary N) is 1. The van der Waals surface area contributed by atoms with Gasteiger partial charge in [-0.1, -0.05) is 12.1 Å². The monoisotopic (exact) mass is 369 g/mol. The lowest BCUT2D eigenvalue weighted by molar-refractivity contribution is -0.134. The van der Waals surface area contributed by atoms with Crippen LogP contribution in [0.4, 0.5) is 4.79 Å². The number of likely N-dealkylation sites (N-methyl/N-ethyl adjacent to an activating group) is 2. The zero-order valence-corrected chi connectivity index (χ0v) is 15.1. The normalized spacial score (nSPS) is 19.4. The van der Waals surface area contributed by atoms with Crippen molar-refractivity contribution in [2.24, 2.45) is 0 Å². The number of imide groups is 1. The van der Waals surface area contributed by atoms with Gasteiger partial charge < -0.3 is 14.8 Å². The van der Waals surface area contributed by atoms with Gasteiger partial charge in [-0.05, 0) is 25.0 Å². The first-order chi connectivity index (χ1) is 12.8. The highest BCUT2D eigenvalue weighted by Gasteiger charge is 2.55. The molecule has 2 aliphatic heterocycles. The lowest BCUT2D eigenvalue weighted by Crippen LogP contribution is -2.56. The molecule has 0 radical (unpaired) electrons. The van der Waals surface area contributed by atoms with E-state index in [-0.39, 0.29) is 29.2 Å². The van der Waals surface area contributed by atoms with Crippen LogP contribution in [0.2, 0.25) is 0 Å². The molecule has 1 N–H and O–H groups in total. The Bertz CT molecular complexity index is 1020. The summed E-state index contributed by atoms with van der Waals surface area (Å²) >= 11 is 0. The first-order valence-electron chi connectivity index (χ1n) is 8.69. The van der Waals surface area contributed by atoms with Crippen LogP contribution in [0.25, 0.3) is 10.9 Å². The Morgan fingerprint density at radius 2 is 1.78 bits per heavy atom. The predicted molar refractivity (Wildman–Crippen MR) is 96.2 cm³/mol.